The number of hydrogen-bond acceptors (Lipinski definition) is 4. The second-order valence-corrected chi connectivity index (χ2v) is 4.57. The molecule has 0 aliphatic carbocycles. The molecule has 3 N–H and O–H groups in total. The van der Waals surface area contributed by atoms with Gasteiger partial charge >= 0.3 is 0 Å². The molecule has 0 saturated heterocycles. The van der Waals surface area contributed by atoms with Crippen LogP contribution in [0, 0.1) is 5.41 Å². The number of aromatic nitrogens is 2. The number of hydrogen-bond donors (Lipinski definition) is 2. The molecule has 0 saturated carbocycles. The van der Waals surface area contributed by atoms with Gasteiger partial charge in [-0.1, -0.05) is 12.1 Å². The fourth-order valence-electron chi connectivity index (χ4n) is 1.56. The molecule has 0 unspecified atom stereocenters. The van der Waals surface area contributed by atoms with Crippen LogP contribution in [0.5, 0.6) is 0 Å². The molecule has 18 heavy (non-hydrogen) atoms. The fraction of sp³-hybridized carbons (Fsp3) is 0.0833. The molecule has 0 aliphatic rings. The van der Waals surface area contributed by atoms with Crippen LogP contribution < -0.4 is 10.6 Å². The van der Waals surface area contributed by atoms with Gasteiger partial charge in [0.2, 0.25) is 0 Å². The fourth-order valence-corrected chi connectivity index (χ4v) is 2.04. The Hall–Kier alpha value is -1.95. The van der Waals surface area contributed by atoms with E-state index >= 15 is 0 Å². The molecular formula is C12H12BrN5. The minimum absolute atomic E-state index is 0.0482. The Morgan fingerprint density at radius 1 is 1.44 bits per heavy atom. The van der Waals surface area contributed by atoms with Crippen LogP contribution in [0.4, 0.5) is 11.5 Å². The average Bonchev–Trinajstić information content (AvgIpc) is 2.38. The summed E-state index contributed by atoms with van der Waals surface area (Å²) < 4.78 is 0.806. The van der Waals surface area contributed by atoms with Gasteiger partial charge in [0.1, 0.15) is 12.2 Å². The van der Waals surface area contributed by atoms with Crippen molar-refractivity contribution < 1.29 is 0 Å². The van der Waals surface area contributed by atoms with Crippen molar-refractivity contribution in [3.8, 4) is 0 Å². The molecule has 0 aliphatic heterocycles. The Labute approximate surface area is 113 Å². The maximum atomic E-state index is 7.44. The zero-order chi connectivity index (χ0) is 13.1. The summed E-state index contributed by atoms with van der Waals surface area (Å²) in [6.45, 7) is 0. The van der Waals surface area contributed by atoms with Crippen molar-refractivity contribution in [1.82, 2.24) is 9.97 Å². The van der Waals surface area contributed by atoms with Crippen LogP contribution in [-0.2, 0) is 0 Å². The van der Waals surface area contributed by atoms with Gasteiger partial charge < -0.3 is 10.6 Å². The zero-order valence-electron chi connectivity index (χ0n) is 9.76. The molecule has 2 aromatic rings. The predicted molar refractivity (Wildman–Crippen MR) is 75.3 cm³/mol. The van der Waals surface area contributed by atoms with Crippen LogP contribution in [0.15, 0.2) is 41.3 Å². The molecule has 0 spiro atoms. The molecule has 6 heteroatoms. The van der Waals surface area contributed by atoms with Gasteiger partial charge in [0.05, 0.1) is 4.47 Å². The summed E-state index contributed by atoms with van der Waals surface area (Å²) in [5.74, 6) is 0.803. The van der Waals surface area contributed by atoms with E-state index < -0.39 is 0 Å². The summed E-state index contributed by atoms with van der Waals surface area (Å²) in [5.41, 5.74) is 7.07. The Morgan fingerprint density at radius 2 is 2.22 bits per heavy atom. The highest BCUT2D eigenvalue weighted by Crippen LogP contribution is 2.27. The number of nitrogen functional groups attached to an aromatic ring is 1. The van der Waals surface area contributed by atoms with Gasteiger partial charge in [-0.15, -0.1) is 0 Å². The van der Waals surface area contributed by atoms with Gasteiger partial charge in [0.25, 0.3) is 0 Å². The molecule has 0 amide bonds. The van der Waals surface area contributed by atoms with Gasteiger partial charge in [-0.05, 0) is 28.1 Å². The van der Waals surface area contributed by atoms with Crippen molar-refractivity contribution in [3.63, 3.8) is 0 Å². The van der Waals surface area contributed by atoms with Crippen molar-refractivity contribution in [2.24, 2.45) is 5.73 Å². The number of nitrogens with two attached hydrogens (primary N) is 1. The number of amidine groups is 1. The lowest BCUT2D eigenvalue weighted by molar-refractivity contribution is 1.07. The Morgan fingerprint density at radius 3 is 2.89 bits per heavy atom. The summed E-state index contributed by atoms with van der Waals surface area (Å²) in [6, 6.07) is 7.43. The van der Waals surface area contributed by atoms with Gasteiger partial charge in [-0.25, -0.2) is 9.97 Å². The zero-order valence-corrected chi connectivity index (χ0v) is 11.3. The maximum absolute atomic E-state index is 7.44. The summed E-state index contributed by atoms with van der Waals surface area (Å²) in [6.07, 6.45) is 3.18. The SMILES string of the molecule is CN(c1cccc(C(=N)N)c1)c1ncncc1Br. The molecule has 1 aromatic carbocycles. The Balaban J connectivity index is 2.40. The van der Waals surface area contributed by atoms with E-state index in [0.717, 1.165) is 16.0 Å². The Bertz CT molecular complexity index is 584. The number of anilines is 2. The molecule has 2 rings (SSSR count). The normalized spacial score (nSPS) is 10.1. The summed E-state index contributed by atoms with van der Waals surface area (Å²) in [5, 5.41) is 7.44. The predicted octanol–water partition coefficient (Wildman–Crippen LogP) is 2.29. The smallest absolute Gasteiger partial charge is 0.150 e. The first kappa shape index (κ1) is 12.5. The summed E-state index contributed by atoms with van der Waals surface area (Å²) in [4.78, 5) is 10.0. The highest BCUT2D eigenvalue weighted by molar-refractivity contribution is 9.10. The second kappa shape index (κ2) is 5.14. The van der Waals surface area contributed by atoms with Crippen molar-refractivity contribution in [1.29, 1.82) is 5.41 Å². The van der Waals surface area contributed by atoms with E-state index in [-0.39, 0.29) is 5.84 Å². The molecule has 0 fully saturated rings. The molecule has 92 valence electrons. The van der Waals surface area contributed by atoms with Crippen LogP contribution in [0.3, 0.4) is 0 Å². The molecule has 5 nitrogen and oxygen atoms in total. The van der Waals surface area contributed by atoms with Gasteiger partial charge in [0, 0.05) is 24.5 Å². The molecule has 0 atom stereocenters. The first-order chi connectivity index (χ1) is 8.59. The maximum Gasteiger partial charge on any atom is 0.150 e. The van der Waals surface area contributed by atoms with Crippen LogP contribution >= 0.6 is 15.9 Å². The highest BCUT2D eigenvalue weighted by atomic mass is 79.9. The van der Waals surface area contributed by atoms with Gasteiger partial charge in [-0.3, -0.25) is 5.41 Å². The number of nitrogens with zero attached hydrogens (tertiary/aromatic N) is 3. The second-order valence-electron chi connectivity index (χ2n) is 3.72. The van der Waals surface area contributed by atoms with Crippen molar-refractivity contribution in [2.75, 3.05) is 11.9 Å². The molecule has 1 aromatic heterocycles. The van der Waals surface area contributed by atoms with E-state index in [2.05, 4.69) is 25.9 Å². The third-order valence-electron chi connectivity index (χ3n) is 2.51. The van der Waals surface area contributed by atoms with E-state index in [9.17, 15) is 0 Å². The summed E-state index contributed by atoms with van der Waals surface area (Å²) in [7, 11) is 1.90. The minimum atomic E-state index is 0.0482. The van der Waals surface area contributed by atoms with Crippen LogP contribution in [0.25, 0.3) is 0 Å². The lowest BCUT2D eigenvalue weighted by Crippen LogP contribution is -2.15. The largest absolute Gasteiger partial charge is 0.384 e. The number of halogens is 1. The molecule has 0 bridgehead atoms. The average molecular weight is 306 g/mol. The summed E-state index contributed by atoms with van der Waals surface area (Å²) >= 11 is 3.41. The van der Waals surface area contributed by atoms with E-state index in [0.29, 0.717) is 5.56 Å². The number of nitrogens with one attached hydrogen (secondary N) is 1. The van der Waals surface area contributed by atoms with E-state index in [1.54, 1.807) is 12.3 Å². The topological polar surface area (TPSA) is 78.9 Å². The van der Waals surface area contributed by atoms with E-state index in [1.165, 1.54) is 6.33 Å². The molecule has 1 heterocycles. The first-order valence-electron chi connectivity index (χ1n) is 5.23. The van der Waals surface area contributed by atoms with Crippen LogP contribution in [-0.4, -0.2) is 22.9 Å². The third-order valence-corrected chi connectivity index (χ3v) is 3.07. The van der Waals surface area contributed by atoms with Crippen LogP contribution in [0.1, 0.15) is 5.56 Å². The van der Waals surface area contributed by atoms with Crippen molar-refractivity contribution in [3.05, 3.63) is 46.8 Å². The minimum Gasteiger partial charge on any atom is -0.384 e. The monoisotopic (exact) mass is 305 g/mol. The lowest BCUT2D eigenvalue weighted by Gasteiger charge is -2.19. The number of rotatable bonds is 3. The van der Waals surface area contributed by atoms with Crippen LogP contribution in [0.2, 0.25) is 0 Å². The first-order valence-corrected chi connectivity index (χ1v) is 6.02. The standard InChI is InChI=1S/C12H12BrN5/c1-18(12-10(13)6-16-7-17-12)9-4-2-3-8(5-9)11(14)15/h2-7H,1H3,(H3,14,15). The number of benzene rings is 1. The van der Waals surface area contributed by atoms with E-state index in [1.807, 2.05) is 30.1 Å². The van der Waals surface area contributed by atoms with Gasteiger partial charge in [-0.2, -0.15) is 0 Å². The molecular weight excluding hydrogens is 294 g/mol. The highest BCUT2D eigenvalue weighted by Gasteiger charge is 2.10. The third kappa shape index (κ3) is 2.48. The van der Waals surface area contributed by atoms with Gasteiger partial charge in [0.15, 0.2) is 5.82 Å². The lowest BCUT2D eigenvalue weighted by atomic mass is 10.2. The van der Waals surface area contributed by atoms with Crippen molar-refractivity contribution in [2.45, 2.75) is 0 Å². The molecule has 0 radical (unpaired) electrons. The van der Waals surface area contributed by atoms with E-state index in [4.69, 9.17) is 11.1 Å². The Kier molecular flexibility index (Phi) is 3.57. The van der Waals surface area contributed by atoms with Crippen molar-refractivity contribution >= 4 is 33.3 Å². The quantitative estimate of drug-likeness (QED) is 0.673.